The molecule has 0 spiro atoms. The van der Waals surface area contributed by atoms with E-state index < -0.39 is 146 Å². The number of fused-ring (bicyclic) bond motifs is 1. The van der Waals surface area contributed by atoms with Crippen LogP contribution < -0.4 is 48.3 Å². The molecule has 84 heavy (non-hydrogen) atoms. The van der Waals surface area contributed by atoms with Crippen molar-refractivity contribution in [3.8, 4) is 5.75 Å². The maximum atomic E-state index is 15.1. The minimum Gasteiger partial charge on any atom is -0.507 e. The lowest BCUT2D eigenvalue weighted by Gasteiger charge is -2.42. The van der Waals surface area contributed by atoms with Crippen LogP contribution >= 0.6 is 44.2 Å². The predicted molar refractivity (Wildman–Crippen MR) is 319 cm³/mol. The number of unbranched alkanes of at least 4 members (excludes halogenated alkanes) is 1. The number of aromatic amines is 1. The first-order chi connectivity index (χ1) is 40.0. The molecule has 4 aromatic rings. The third-order valence-corrected chi connectivity index (χ3v) is 17.6. The Hall–Kier alpha value is -5.68. The Bertz CT molecular complexity index is 2880. The molecule has 2 aliphatic heterocycles. The standard InChI is InChI=1S/C55H75IN10O16S2/c1-28(68)40(23-67)63-53(79)42-26-84-83-25-41(64-49(75)37(19-30-10-4-3-5-11-30)59-27-55(81)47(73)46(72)44(71)24-82-55)52(78)61-38(20-31-15-16-43(70)34(56)18-31)50(76)62-39(21-32-22-58-35-13-7-6-12-33(32)35)51(77)60-36(14-8-9-17-57)48(74)66-45(29(2)69)54(80)65-42/h3-7,10-13,15-16,18,22,28-29,36-42,44-47,58-59,67-73,81H,8-9,14,17,19-21,23-27,57H2,1-2H3,(H,60,77)(H,61,78)(H,62,76)(H,63,79)(H,64,75)(H,65,80)(H,66,74)/t28-,29-,36+,37-,38+,39-,40+,41+,42+,44-,45+,46-,47+,55-/m1/s1/i56-4. The van der Waals surface area contributed by atoms with Gasteiger partial charge in [0.05, 0.1) is 47.6 Å². The number of ether oxygens (including phenoxy) is 1. The number of hydrogen-bond donors (Lipinski definition) is 18. The molecule has 3 heterocycles. The van der Waals surface area contributed by atoms with E-state index in [9.17, 15) is 64.8 Å². The van der Waals surface area contributed by atoms with Gasteiger partial charge >= 0.3 is 0 Å². The lowest BCUT2D eigenvalue weighted by molar-refractivity contribution is -0.318. The average molecular weight is 1320 g/mol. The molecule has 0 radical (unpaired) electrons. The number of phenolic OH excluding ortho intramolecular Hbond substituents is 1. The Morgan fingerprint density at radius 3 is 2.14 bits per heavy atom. The summed E-state index contributed by atoms with van der Waals surface area (Å²) in [6, 6.07) is 8.44. The zero-order valence-corrected chi connectivity index (χ0v) is 49.9. The van der Waals surface area contributed by atoms with Crippen molar-refractivity contribution < 1.29 is 79.2 Å². The van der Waals surface area contributed by atoms with E-state index in [-0.39, 0.29) is 49.5 Å². The zero-order valence-electron chi connectivity index (χ0n) is 46.1. The van der Waals surface area contributed by atoms with Crippen LogP contribution in [0.4, 0.5) is 0 Å². The lowest BCUT2D eigenvalue weighted by Crippen LogP contribution is -2.66. The molecule has 19 N–H and O–H groups in total. The Kier molecular flexibility index (Phi) is 25.8. The maximum Gasteiger partial charge on any atom is 0.245 e. The number of nitrogens with two attached hydrogens (primary N) is 1. The van der Waals surface area contributed by atoms with E-state index in [2.05, 4.69) is 47.5 Å². The number of carbonyl (C=O) groups is 7. The van der Waals surface area contributed by atoms with E-state index >= 15 is 9.59 Å². The van der Waals surface area contributed by atoms with Crippen LogP contribution in [0.25, 0.3) is 10.9 Å². The fraction of sp³-hybridized carbons (Fsp3) is 0.509. The predicted octanol–water partition coefficient (Wildman–Crippen LogP) is -3.06. The molecule has 26 nitrogen and oxygen atoms in total. The number of rotatable bonds is 20. The smallest absolute Gasteiger partial charge is 0.245 e. The fourth-order valence-corrected chi connectivity index (χ4v) is 12.2. The molecule has 3 aromatic carbocycles. The summed E-state index contributed by atoms with van der Waals surface area (Å²) in [5.74, 6) is -9.68. The first-order valence-electron chi connectivity index (χ1n) is 27.3. The second-order valence-corrected chi connectivity index (χ2v) is 24.5. The molecule has 6 rings (SSSR count). The van der Waals surface area contributed by atoms with Crippen molar-refractivity contribution in [3.05, 3.63) is 99.3 Å². The molecule has 0 bridgehead atoms. The van der Waals surface area contributed by atoms with Crippen molar-refractivity contribution in [3.63, 3.8) is 0 Å². The molecular formula is C55H75IN10O16S2. The van der Waals surface area contributed by atoms with E-state index in [1.54, 1.807) is 66.9 Å². The van der Waals surface area contributed by atoms with Crippen LogP contribution in [0.5, 0.6) is 5.75 Å². The molecule has 1 aromatic heterocycles. The number of nitrogens with one attached hydrogen (secondary N) is 9. The van der Waals surface area contributed by atoms with Crippen LogP contribution in [0.3, 0.4) is 0 Å². The van der Waals surface area contributed by atoms with Crippen LogP contribution in [0, 0.1) is 3.57 Å². The van der Waals surface area contributed by atoms with Gasteiger partial charge in [0.1, 0.15) is 60.3 Å². The summed E-state index contributed by atoms with van der Waals surface area (Å²) in [5.41, 5.74) is 8.13. The highest BCUT2D eigenvalue weighted by Crippen LogP contribution is 2.27. The van der Waals surface area contributed by atoms with Crippen LogP contribution in [0.15, 0.2) is 79.0 Å². The van der Waals surface area contributed by atoms with Gasteiger partial charge in [-0.05, 0) is 104 Å². The summed E-state index contributed by atoms with van der Waals surface area (Å²) in [4.78, 5) is 105. The van der Waals surface area contributed by atoms with Gasteiger partial charge in [0.15, 0.2) is 0 Å². The van der Waals surface area contributed by atoms with Crippen molar-refractivity contribution in [2.24, 2.45) is 5.73 Å². The number of para-hydroxylation sites is 1. The number of halogens is 1. The third-order valence-electron chi connectivity index (χ3n) is 14.3. The molecule has 2 fully saturated rings. The minimum atomic E-state index is -2.51. The van der Waals surface area contributed by atoms with Crippen molar-refractivity contribution >= 4 is 96.4 Å². The Morgan fingerprint density at radius 2 is 1.46 bits per heavy atom. The second kappa shape index (κ2) is 32.2. The van der Waals surface area contributed by atoms with Gasteiger partial charge in [-0.1, -0.05) is 76.2 Å². The lowest BCUT2D eigenvalue weighted by atomic mass is 9.96. The molecule has 2 aliphatic rings. The monoisotopic (exact) mass is 1320 g/mol. The van der Waals surface area contributed by atoms with Crippen molar-refractivity contribution in [1.29, 1.82) is 0 Å². The van der Waals surface area contributed by atoms with E-state index in [0.717, 1.165) is 21.6 Å². The van der Waals surface area contributed by atoms with Crippen LogP contribution in [-0.4, -0.2) is 210 Å². The largest absolute Gasteiger partial charge is 0.507 e. The van der Waals surface area contributed by atoms with Gasteiger partial charge in [-0.3, -0.25) is 33.6 Å². The molecule has 460 valence electrons. The fourth-order valence-electron chi connectivity index (χ4n) is 9.25. The summed E-state index contributed by atoms with van der Waals surface area (Å²) in [6.07, 6.45) is -6.46. The van der Waals surface area contributed by atoms with Gasteiger partial charge in [0.2, 0.25) is 47.1 Å². The maximum absolute atomic E-state index is 15.1. The van der Waals surface area contributed by atoms with Crippen LogP contribution in [-0.2, 0) is 57.6 Å². The van der Waals surface area contributed by atoms with Gasteiger partial charge in [0.25, 0.3) is 0 Å². The normalized spacial score (nSPS) is 26.7. The average Bonchev–Trinajstić information content (AvgIpc) is 4.06. The minimum absolute atomic E-state index is 0.0334. The molecule has 2 saturated heterocycles. The van der Waals surface area contributed by atoms with E-state index in [1.165, 1.54) is 26.0 Å². The number of phenols is 1. The number of aromatic hydroxyl groups is 1. The topological polar surface area (TPSA) is 429 Å². The number of amides is 7. The van der Waals surface area contributed by atoms with Gasteiger partial charge in [-0.2, -0.15) is 0 Å². The highest BCUT2D eigenvalue weighted by Gasteiger charge is 2.49. The van der Waals surface area contributed by atoms with Gasteiger partial charge < -0.3 is 98.8 Å². The molecular weight excluding hydrogens is 1240 g/mol. The zero-order chi connectivity index (χ0) is 61.3. The van der Waals surface area contributed by atoms with Crippen molar-refractivity contribution in [1.82, 2.24) is 47.5 Å². The molecule has 29 heteroatoms. The van der Waals surface area contributed by atoms with Crippen molar-refractivity contribution in [2.45, 2.75) is 137 Å². The first kappa shape index (κ1) is 67.4. The summed E-state index contributed by atoms with van der Waals surface area (Å²) < 4.78 is 5.75. The Morgan fingerprint density at radius 1 is 0.810 bits per heavy atom. The van der Waals surface area contributed by atoms with Crippen LogP contribution in [0.1, 0.15) is 49.8 Å². The molecule has 14 atom stereocenters. The van der Waals surface area contributed by atoms with Gasteiger partial charge in [-0.25, -0.2) is 0 Å². The SMILES string of the molecule is C[C@@H](O)[C@H](CO)NC(=O)[C@@H]1CSSC[C@H](NC(=O)[C@@H](Cc2ccccc2)NC[C@@]2(O)OC[C@@H](O)[C@@H](O)[C@@H]2O)C(=O)N[C@@H](Cc2ccc(O)c([123I])c2)C(=O)N[C@H](Cc2c[nH]c3ccccc23)C(=O)N[C@@H](CCCCN)C(=O)N[C@@H]([C@@H](C)O)C(=O)N1. The Balaban J connectivity index is 1.43. The summed E-state index contributed by atoms with van der Waals surface area (Å²) >= 11 is 1.89. The number of aliphatic hydroxyl groups excluding tert-OH is 6. The highest BCUT2D eigenvalue weighted by atomic mass is 123. The highest BCUT2D eigenvalue weighted by molar-refractivity contribution is 14.1. The van der Waals surface area contributed by atoms with Crippen LogP contribution in [0.2, 0.25) is 0 Å². The van der Waals surface area contributed by atoms with Gasteiger partial charge in [0, 0.05) is 41.4 Å². The molecule has 0 aliphatic carbocycles. The molecule has 7 amide bonds. The molecule has 0 saturated carbocycles. The second-order valence-electron chi connectivity index (χ2n) is 20.8. The molecule has 0 unspecified atom stereocenters. The number of H-pyrrole nitrogens is 1. The van der Waals surface area contributed by atoms with Crippen molar-refractivity contribution in [2.75, 3.05) is 37.8 Å². The number of benzene rings is 3. The Labute approximate surface area is 505 Å². The van der Waals surface area contributed by atoms with E-state index in [4.69, 9.17) is 10.5 Å². The third kappa shape index (κ3) is 18.9. The van der Waals surface area contributed by atoms with Gasteiger partial charge in [-0.15, -0.1) is 0 Å². The number of carbonyl (C=O) groups excluding carboxylic acids is 7. The summed E-state index contributed by atoms with van der Waals surface area (Å²) in [5, 5.41) is 107. The number of hydrogen-bond acceptors (Lipinski definition) is 20. The van der Waals surface area contributed by atoms with E-state index in [1.807, 2.05) is 22.6 Å². The summed E-state index contributed by atoms with van der Waals surface area (Å²) in [7, 11) is 1.85. The number of aromatic nitrogens is 1. The van der Waals surface area contributed by atoms with E-state index in [0.29, 0.717) is 44.0 Å². The number of aliphatic hydroxyl groups is 7. The first-order valence-corrected chi connectivity index (χ1v) is 30.8. The summed E-state index contributed by atoms with van der Waals surface area (Å²) in [6.45, 7) is 0.787. The quantitative estimate of drug-likeness (QED) is 0.0237.